The lowest BCUT2D eigenvalue weighted by Gasteiger charge is -2.09. The third-order valence-electron chi connectivity index (χ3n) is 4.48. The summed E-state index contributed by atoms with van der Waals surface area (Å²) in [7, 11) is 0. The lowest BCUT2D eigenvalue weighted by atomic mass is 10.0. The van der Waals surface area contributed by atoms with Gasteiger partial charge in [-0.15, -0.1) is 0 Å². The van der Waals surface area contributed by atoms with E-state index in [1.165, 1.54) is 0 Å². The highest BCUT2D eigenvalue weighted by atomic mass is 16.5. The number of hydrogen-bond acceptors (Lipinski definition) is 4. The fourth-order valence-corrected chi connectivity index (χ4v) is 3.21. The summed E-state index contributed by atoms with van der Waals surface area (Å²) in [5, 5.41) is 11.5. The average molecular weight is 371 g/mol. The van der Waals surface area contributed by atoms with Gasteiger partial charge in [-0.1, -0.05) is 30.3 Å². The molecule has 140 valence electrons. The first-order chi connectivity index (χ1) is 13.7. The number of nitrogen functional groups attached to an aromatic ring is 1. The number of nitrogens with zero attached hydrogens (tertiary/aromatic N) is 1. The summed E-state index contributed by atoms with van der Waals surface area (Å²) >= 11 is 0. The molecular formula is C23H21N3O2. The quantitative estimate of drug-likeness (QED) is 0.340. The van der Waals surface area contributed by atoms with Crippen molar-refractivity contribution in [3.8, 4) is 11.6 Å². The molecule has 0 saturated heterocycles. The fourth-order valence-electron chi connectivity index (χ4n) is 3.21. The number of fused-ring (bicyclic) bond motifs is 1. The molecule has 4 aromatic rings. The van der Waals surface area contributed by atoms with E-state index in [0.29, 0.717) is 23.6 Å². The van der Waals surface area contributed by atoms with Crippen LogP contribution in [0.25, 0.3) is 10.9 Å². The van der Waals surface area contributed by atoms with Crippen LogP contribution in [0.15, 0.2) is 77.8 Å². The van der Waals surface area contributed by atoms with Gasteiger partial charge in [-0.05, 0) is 49.4 Å². The van der Waals surface area contributed by atoms with Crippen LogP contribution in [0.2, 0.25) is 0 Å². The molecule has 1 aromatic heterocycles. The van der Waals surface area contributed by atoms with Crippen molar-refractivity contribution in [2.24, 2.45) is 4.99 Å². The van der Waals surface area contributed by atoms with Gasteiger partial charge in [0.1, 0.15) is 5.75 Å². The maximum absolute atomic E-state index is 10.7. The van der Waals surface area contributed by atoms with Crippen molar-refractivity contribution >= 4 is 28.0 Å². The monoisotopic (exact) mass is 371 g/mol. The van der Waals surface area contributed by atoms with Crippen molar-refractivity contribution < 1.29 is 9.84 Å². The standard InChI is InChI=1S/C23H21N3O2/c1-2-28-18-11-9-17(10-12-18)25-22(15-6-4-3-5-7-15)21-19-14-16(24)8-13-20(19)26-23(21)27/h3-14,26-27H,2,24H2,1H3. The second-order valence-electron chi connectivity index (χ2n) is 6.41. The van der Waals surface area contributed by atoms with Crippen LogP contribution in [0.1, 0.15) is 18.1 Å². The molecule has 0 radical (unpaired) electrons. The number of H-pyrrole nitrogens is 1. The second-order valence-corrected chi connectivity index (χ2v) is 6.41. The summed E-state index contributed by atoms with van der Waals surface area (Å²) in [5.74, 6) is 0.861. The third-order valence-corrected chi connectivity index (χ3v) is 4.48. The van der Waals surface area contributed by atoms with Gasteiger partial charge in [0, 0.05) is 22.2 Å². The Hall–Kier alpha value is -3.73. The van der Waals surface area contributed by atoms with Crippen LogP contribution in [-0.4, -0.2) is 22.4 Å². The zero-order chi connectivity index (χ0) is 19.5. The molecule has 4 N–H and O–H groups in total. The summed E-state index contributed by atoms with van der Waals surface area (Å²) in [4.78, 5) is 7.87. The van der Waals surface area contributed by atoms with E-state index in [4.69, 9.17) is 15.5 Å². The van der Waals surface area contributed by atoms with Crippen molar-refractivity contribution in [1.29, 1.82) is 0 Å². The van der Waals surface area contributed by atoms with E-state index >= 15 is 0 Å². The molecule has 0 aliphatic carbocycles. The van der Waals surface area contributed by atoms with E-state index in [0.717, 1.165) is 27.9 Å². The SMILES string of the molecule is CCOc1ccc(N=C(c2ccccc2)c2c(O)[nH]c3ccc(N)cc23)cc1. The zero-order valence-corrected chi connectivity index (χ0v) is 15.5. The number of rotatable bonds is 5. The molecule has 1 heterocycles. The highest BCUT2D eigenvalue weighted by molar-refractivity contribution is 6.22. The van der Waals surface area contributed by atoms with Gasteiger partial charge in [-0.2, -0.15) is 0 Å². The number of aromatic nitrogens is 1. The van der Waals surface area contributed by atoms with E-state index in [9.17, 15) is 5.11 Å². The number of anilines is 1. The molecule has 0 unspecified atom stereocenters. The van der Waals surface area contributed by atoms with Crippen LogP contribution in [-0.2, 0) is 0 Å². The lowest BCUT2D eigenvalue weighted by molar-refractivity contribution is 0.340. The van der Waals surface area contributed by atoms with E-state index in [-0.39, 0.29) is 5.88 Å². The Morgan fingerprint density at radius 1 is 1.04 bits per heavy atom. The van der Waals surface area contributed by atoms with Crippen molar-refractivity contribution in [3.05, 3.63) is 83.9 Å². The molecular weight excluding hydrogens is 350 g/mol. The van der Waals surface area contributed by atoms with Crippen LogP contribution >= 0.6 is 0 Å². The molecule has 0 amide bonds. The minimum atomic E-state index is 0.0640. The van der Waals surface area contributed by atoms with Crippen LogP contribution < -0.4 is 10.5 Å². The molecule has 0 saturated carbocycles. The molecule has 0 aliphatic heterocycles. The molecule has 3 aromatic carbocycles. The van der Waals surface area contributed by atoms with Gasteiger partial charge in [0.05, 0.1) is 23.6 Å². The Bertz CT molecular complexity index is 1130. The van der Waals surface area contributed by atoms with Gasteiger partial charge in [0.15, 0.2) is 5.88 Å². The molecule has 0 bridgehead atoms. The van der Waals surface area contributed by atoms with Gasteiger partial charge in [0.25, 0.3) is 0 Å². The van der Waals surface area contributed by atoms with Gasteiger partial charge < -0.3 is 20.6 Å². The van der Waals surface area contributed by atoms with Gasteiger partial charge in [-0.3, -0.25) is 0 Å². The molecule has 5 heteroatoms. The number of aromatic hydroxyl groups is 1. The fraction of sp³-hybridized carbons (Fsp3) is 0.0870. The lowest BCUT2D eigenvalue weighted by Crippen LogP contribution is -2.03. The average Bonchev–Trinajstić information content (AvgIpc) is 3.03. The van der Waals surface area contributed by atoms with Crippen molar-refractivity contribution in [1.82, 2.24) is 4.98 Å². The van der Waals surface area contributed by atoms with Crippen LogP contribution in [0.3, 0.4) is 0 Å². The number of nitrogens with one attached hydrogen (secondary N) is 1. The highest BCUT2D eigenvalue weighted by Crippen LogP contribution is 2.32. The Morgan fingerprint density at radius 3 is 2.50 bits per heavy atom. The molecule has 0 spiro atoms. The predicted molar refractivity (Wildman–Crippen MR) is 114 cm³/mol. The van der Waals surface area contributed by atoms with E-state index in [2.05, 4.69) is 4.98 Å². The van der Waals surface area contributed by atoms with Crippen LogP contribution in [0.5, 0.6) is 11.6 Å². The van der Waals surface area contributed by atoms with Crippen LogP contribution in [0, 0.1) is 0 Å². The van der Waals surface area contributed by atoms with Gasteiger partial charge in [0.2, 0.25) is 0 Å². The molecule has 28 heavy (non-hydrogen) atoms. The van der Waals surface area contributed by atoms with Crippen LogP contribution in [0.4, 0.5) is 11.4 Å². The number of nitrogens with two attached hydrogens (primary N) is 1. The summed E-state index contributed by atoms with van der Waals surface area (Å²) < 4.78 is 5.51. The molecule has 0 atom stereocenters. The Labute approximate surface area is 163 Å². The maximum atomic E-state index is 10.7. The molecule has 0 fully saturated rings. The van der Waals surface area contributed by atoms with E-state index < -0.39 is 0 Å². The minimum absolute atomic E-state index is 0.0640. The maximum Gasteiger partial charge on any atom is 0.199 e. The highest BCUT2D eigenvalue weighted by Gasteiger charge is 2.18. The van der Waals surface area contributed by atoms with E-state index in [1.54, 1.807) is 6.07 Å². The summed E-state index contributed by atoms with van der Waals surface area (Å²) in [5.41, 5.74) is 10.4. The van der Waals surface area contributed by atoms with Crippen molar-refractivity contribution in [2.75, 3.05) is 12.3 Å². The number of hydrogen-bond donors (Lipinski definition) is 3. The second kappa shape index (κ2) is 7.48. The minimum Gasteiger partial charge on any atom is -0.494 e. The van der Waals surface area contributed by atoms with Gasteiger partial charge in [-0.25, -0.2) is 4.99 Å². The summed E-state index contributed by atoms with van der Waals surface area (Å²) in [6, 6.07) is 22.9. The van der Waals surface area contributed by atoms with Crippen molar-refractivity contribution in [3.63, 3.8) is 0 Å². The predicted octanol–water partition coefficient (Wildman–Crippen LogP) is 5.02. The Kier molecular flexibility index (Phi) is 4.72. The third kappa shape index (κ3) is 3.42. The topological polar surface area (TPSA) is 83.6 Å². The Balaban J connectivity index is 1.90. The molecule has 4 rings (SSSR count). The van der Waals surface area contributed by atoms with Gasteiger partial charge >= 0.3 is 0 Å². The zero-order valence-electron chi connectivity index (χ0n) is 15.5. The summed E-state index contributed by atoms with van der Waals surface area (Å²) in [6.07, 6.45) is 0. The van der Waals surface area contributed by atoms with Crippen molar-refractivity contribution in [2.45, 2.75) is 6.92 Å². The first-order valence-corrected chi connectivity index (χ1v) is 9.13. The number of ether oxygens (including phenoxy) is 1. The first kappa shape index (κ1) is 17.7. The number of aliphatic imine (C=N–C) groups is 1. The number of aromatic amines is 1. The molecule has 0 aliphatic rings. The first-order valence-electron chi connectivity index (χ1n) is 9.13. The largest absolute Gasteiger partial charge is 0.494 e. The smallest absolute Gasteiger partial charge is 0.199 e. The molecule has 5 nitrogen and oxygen atoms in total. The summed E-state index contributed by atoms with van der Waals surface area (Å²) in [6.45, 7) is 2.56. The van der Waals surface area contributed by atoms with E-state index in [1.807, 2.05) is 73.7 Å². The number of benzene rings is 3. The normalized spacial score (nSPS) is 11.7. The Morgan fingerprint density at radius 2 is 1.79 bits per heavy atom.